The van der Waals surface area contributed by atoms with Crippen molar-refractivity contribution in [2.75, 3.05) is 18.0 Å². The number of piperidine rings is 1. The van der Waals surface area contributed by atoms with Crippen LogP contribution in [-0.2, 0) is 4.79 Å². The number of hydrogen-bond donors (Lipinski definition) is 1. The van der Waals surface area contributed by atoms with Crippen LogP contribution >= 0.6 is 0 Å². The molecular formula is C18H18F4N4O2. The zero-order chi connectivity index (χ0) is 20.3. The van der Waals surface area contributed by atoms with E-state index in [4.69, 9.17) is 0 Å². The average Bonchev–Trinajstić information content (AvgIpc) is 2.62. The number of benzene rings is 1. The van der Waals surface area contributed by atoms with E-state index in [1.165, 1.54) is 19.3 Å². The van der Waals surface area contributed by atoms with E-state index in [9.17, 15) is 22.4 Å². The Balaban J connectivity index is 1.79. The van der Waals surface area contributed by atoms with Gasteiger partial charge in [-0.15, -0.1) is 13.2 Å². The second-order valence-corrected chi connectivity index (χ2v) is 6.44. The lowest BCUT2D eigenvalue weighted by molar-refractivity contribution is -0.275. The molecule has 1 aliphatic rings. The molecule has 1 atom stereocenters. The first-order valence-electron chi connectivity index (χ1n) is 8.61. The van der Waals surface area contributed by atoms with Crippen LogP contribution in [-0.4, -0.2) is 41.4 Å². The van der Waals surface area contributed by atoms with Gasteiger partial charge < -0.3 is 15.0 Å². The van der Waals surface area contributed by atoms with Gasteiger partial charge >= 0.3 is 6.36 Å². The number of carbonyl (C=O) groups is 1. The second-order valence-electron chi connectivity index (χ2n) is 6.44. The standard InChI is InChI=1S/C18H18F4N4O2/c1-11(27)25-13-3-2-6-26(9-13)17-8-15(23-10-24-17)12-4-5-16(14(19)7-12)28-18(20,21)22/h4-5,7-8,10,13H,2-3,6,9H2,1H3,(H,25,27). The molecule has 6 nitrogen and oxygen atoms in total. The lowest BCUT2D eigenvalue weighted by atomic mass is 10.1. The van der Waals surface area contributed by atoms with Crippen molar-refractivity contribution >= 4 is 11.7 Å². The molecule has 1 aliphatic heterocycles. The first-order chi connectivity index (χ1) is 13.2. The maximum Gasteiger partial charge on any atom is 0.573 e. The van der Waals surface area contributed by atoms with Crippen molar-refractivity contribution in [3.63, 3.8) is 0 Å². The van der Waals surface area contributed by atoms with Crippen molar-refractivity contribution in [3.05, 3.63) is 36.4 Å². The lowest BCUT2D eigenvalue weighted by Gasteiger charge is -2.33. The lowest BCUT2D eigenvalue weighted by Crippen LogP contribution is -2.47. The third-order valence-electron chi connectivity index (χ3n) is 4.26. The third kappa shape index (κ3) is 5.08. The summed E-state index contributed by atoms with van der Waals surface area (Å²) in [5, 5.41) is 2.88. The smallest absolute Gasteiger partial charge is 0.403 e. The molecule has 1 saturated heterocycles. The Kier molecular flexibility index (Phi) is 5.66. The molecule has 0 spiro atoms. The van der Waals surface area contributed by atoms with Crippen LogP contribution in [0.5, 0.6) is 5.75 Å². The maximum atomic E-state index is 14.0. The fraction of sp³-hybridized carbons (Fsp3) is 0.389. The van der Waals surface area contributed by atoms with E-state index in [0.717, 1.165) is 31.5 Å². The number of nitrogens with zero attached hydrogens (tertiary/aromatic N) is 3. The molecule has 1 fully saturated rings. The van der Waals surface area contributed by atoms with Crippen LogP contribution in [0.25, 0.3) is 11.3 Å². The van der Waals surface area contributed by atoms with Gasteiger partial charge in [0, 0.05) is 37.7 Å². The van der Waals surface area contributed by atoms with Crippen LogP contribution < -0.4 is 15.0 Å². The van der Waals surface area contributed by atoms with Crippen molar-refractivity contribution in [2.45, 2.75) is 32.2 Å². The van der Waals surface area contributed by atoms with E-state index in [-0.39, 0.29) is 11.9 Å². The zero-order valence-electron chi connectivity index (χ0n) is 15.0. The number of carbonyl (C=O) groups excluding carboxylic acids is 1. The van der Waals surface area contributed by atoms with Gasteiger partial charge in [-0.1, -0.05) is 0 Å². The summed E-state index contributed by atoms with van der Waals surface area (Å²) in [7, 11) is 0. The third-order valence-corrected chi connectivity index (χ3v) is 4.26. The number of rotatable bonds is 4. The number of hydrogen-bond acceptors (Lipinski definition) is 5. The van der Waals surface area contributed by atoms with Crippen LogP contribution in [0.2, 0.25) is 0 Å². The molecule has 1 aromatic heterocycles. The number of halogens is 4. The van der Waals surface area contributed by atoms with Crippen molar-refractivity contribution in [1.82, 2.24) is 15.3 Å². The molecule has 2 aromatic rings. The number of nitrogens with one attached hydrogen (secondary N) is 1. The molecule has 1 amide bonds. The van der Waals surface area contributed by atoms with Crippen LogP contribution in [0, 0.1) is 5.82 Å². The predicted molar refractivity (Wildman–Crippen MR) is 93.2 cm³/mol. The number of ether oxygens (including phenoxy) is 1. The van der Waals surface area contributed by atoms with Gasteiger partial charge in [0.1, 0.15) is 12.1 Å². The summed E-state index contributed by atoms with van der Waals surface area (Å²) in [6, 6.07) is 4.78. The molecule has 28 heavy (non-hydrogen) atoms. The van der Waals surface area contributed by atoms with Gasteiger partial charge in [0.05, 0.1) is 5.69 Å². The van der Waals surface area contributed by atoms with E-state index in [1.807, 2.05) is 4.90 Å². The number of aromatic nitrogens is 2. The molecule has 0 radical (unpaired) electrons. The summed E-state index contributed by atoms with van der Waals surface area (Å²) < 4.78 is 54.4. The van der Waals surface area contributed by atoms with E-state index in [1.54, 1.807) is 6.07 Å². The minimum absolute atomic E-state index is 0.000843. The summed E-state index contributed by atoms with van der Waals surface area (Å²) >= 11 is 0. The predicted octanol–water partition coefficient (Wildman–Crippen LogP) is 3.29. The molecule has 150 valence electrons. The fourth-order valence-corrected chi connectivity index (χ4v) is 3.14. The van der Waals surface area contributed by atoms with Crippen molar-refractivity contribution in [3.8, 4) is 17.0 Å². The molecule has 1 N–H and O–H groups in total. The van der Waals surface area contributed by atoms with E-state index in [0.29, 0.717) is 23.6 Å². The SMILES string of the molecule is CC(=O)NC1CCCN(c2cc(-c3ccc(OC(F)(F)F)c(F)c3)ncn2)C1. The highest BCUT2D eigenvalue weighted by Gasteiger charge is 2.32. The molecule has 0 aliphatic carbocycles. The van der Waals surface area contributed by atoms with Gasteiger partial charge in [0.2, 0.25) is 5.91 Å². The minimum atomic E-state index is -4.97. The van der Waals surface area contributed by atoms with Crippen molar-refractivity contribution < 1.29 is 27.1 Å². The van der Waals surface area contributed by atoms with Gasteiger partial charge in [0.25, 0.3) is 0 Å². The quantitative estimate of drug-likeness (QED) is 0.801. The van der Waals surface area contributed by atoms with E-state index in [2.05, 4.69) is 20.0 Å². The van der Waals surface area contributed by atoms with Gasteiger partial charge in [-0.2, -0.15) is 0 Å². The Hall–Kier alpha value is -2.91. The molecule has 1 unspecified atom stereocenters. The van der Waals surface area contributed by atoms with Gasteiger partial charge in [-0.05, 0) is 31.0 Å². The summed E-state index contributed by atoms with van der Waals surface area (Å²) in [6.45, 7) is 2.77. The Morgan fingerprint density at radius 1 is 1.29 bits per heavy atom. The van der Waals surface area contributed by atoms with Gasteiger partial charge in [0.15, 0.2) is 11.6 Å². The van der Waals surface area contributed by atoms with Crippen LogP contribution in [0.1, 0.15) is 19.8 Å². The van der Waals surface area contributed by atoms with Crippen LogP contribution in [0.3, 0.4) is 0 Å². The normalized spacial score (nSPS) is 17.3. The number of alkyl halides is 3. The summed E-state index contributed by atoms with van der Waals surface area (Å²) in [5.41, 5.74) is 0.662. The topological polar surface area (TPSA) is 67.4 Å². The summed E-state index contributed by atoms with van der Waals surface area (Å²) in [5.74, 6) is -1.55. The van der Waals surface area contributed by atoms with E-state index >= 15 is 0 Å². The largest absolute Gasteiger partial charge is 0.573 e. The molecular weight excluding hydrogens is 380 g/mol. The Labute approximate surface area is 158 Å². The molecule has 1 aromatic carbocycles. The van der Waals surface area contributed by atoms with Gasteiger partial charge in [-0.25, -0.2) is 14.4 Å². The van der Waals surface area contributed by atoms with Crippen LogP contribution in [0.4, 0.5) is 23.4 Å². The summed E-state index contributed by atoms with van der Waals surface area (Å²) in [6.07, 6.45) is -1.93. The van der Waals surface area contributed by atoms with E-state index < -0.39 is 17.9 Å². The Morgan fingerprint density at radius 3 is 2.75 bits per heavy atom. The average molecular weight is 398 g/mol. The highest BCUT2D eigenvalue weighted by Crippen LogP contribution is 2.30. The maximum absolute atomic E-state index is 14.0. The van der Waals surface area contributed by atoms with Gasteiger partial charge in [-0.3, -0.25) is 4.79 Å². The minimum Gasteiger partial charge on any atom is -0.403 e. The molecule has 10 heteroatoms. The highest BCUT2D eigenvalue weighted by atomic mass is 19.4. The monoisotopic (exact) mass is 398 g/mol. The molecule has 2 heterocycles. The first kappa shape index (κ1) is 19.8. The Bertz CT molecular complexity index is 860. The first-order valence-corrected chi connectivity index (χ1v) is 8.61. The fourth-order valence-electron chi connectivity index (χ4n) is 3.14. The molecule has 0 saturated carbocycles. The molecule has 3 rings (SSSR count). The number of anilines is 1. The second kappa shape index (κ2) is 7.99. The Morgan fingerprint density at radius 2 is 2.07 bits per heavy atom. The van der Waals surface area contributed by atoms with Crippen LogP contribution in [0.15, 0.2) is 30.6 Å². The molecule has 0 bridgehead atoms. The van der Waals surface area contributed by atoms with Crippen molar-refractivity contribution in [1.29, 1.82) is 0 Å². The number of amides is 1. The highest BCUT2D eigenvalue weighted by molar-refractivity contribution is 5.73. The van der Waals surface area contributed by atoms with Crippen molar-refractivity contribution in [2.24, 2.45) is 0 Å². The zero-order valence-corrected chi connectivity index (χ0v) is 15.0. The summed E-state index contributed by atoms with van der Waals surface area (Å²) in [4.78, 5) is 21.6.